The Labute approximate surface area is 165 Å². The fraction of sp³-hybridized carbons (Fsp3) is 0.105. The summed E-state index contributed by atoms with van der Waals surface area (Å²) in [5.41, 5.74) is 7.23. The van der Waals surface area contributed by atoms with Crippen LogP contribution >= 0.6 is 23.4 Å². The molecule has 6 nitrogen and oxygen atoms in total. The molecule has 0 spiro atoms. The maximum Gasteiger partial charge on any atom is 0.290 e. The lowest BCUT2D eigenvalue weighted by Crippen LogP contribution is -2.41. The largest absolute Gasteiger partial charge is 0.290 e. The van der Waals surface area contributed by atoms with Gasteiger partial charge in [0.05, 0.1) is 0 Å². The zero-order chi connectivity index (χ0) is 19.2. The summed E-state index contributed by atoms with van der Waals surface area (Å²) in [5.74, 6) is -0.102. The zero-order valence-corrected chi connectivity index (χ0v) is 16.0. The highest BCUT2D eigenvalue weighted by atomic mass is 35.5. The predicted octanol–water partition coefficient (Wildman–Crippen LogP) is 3.74. The molecule has 0 saturated carbocycles. The molecule has 138 valence electrons. The molecule has 0 fully saturated rings. The van der Waals surface area contributed by atoms with Crippen molar-refractivity contribution in [2.45, 2.75) is 17.6 Å². The highest BCUT2D eigenvalue weighted by molar-refractivity contribution is 7.98. The first kappa shape index (κ1) is 19.0. The summed E-state index contributed by atoms with van der Waals surface area (Å²) in [6, 6.07) is 16.5. The third kappa shape index (κ3) is 5.35. The van der Waals surface area contributed by atoms with E-state index in [1.54, 1.807) is 36.9 Å². The van der Waals surface area contributed by atoms with Gasteiger partial charge in [0, 0.05) is 26.9 Å². The van der Waals surface area contributed by atoms with E-state index in [0.29, 0.717) is 10.6 Å². The SMILES string of the molecule is Cc1cc(C(=O)NNC(=O)c2ccc(CSc3ccc(Cl)cc3)cc2)n[nH]1. The van der Waals surface area contributed by atoms with E-state index in [9.17, 15) is 9.59 Å². The number of benzene rings is 2. The Morgan fingerprint density at radius 3 is 2.33 bits per heavy atom. The molecular formula is C19H17ClN4O2S. The number of hydrogen-bond donors (Lipinski definition) is 3. The summed E-state index contributed by atoms with van der Waals surface area (Å²) in [4.78, 5) is 25.1. The van der Waals surface area contributed by atoms with Gasteiger partial charge in [0.15, 0.2) is 5.69 Å². The first-order valence-electron chi connectivity index (χ1n) is 8.11. The van der Waals surface area contributed by atoms with Gasteiger partial charge in [-0.1, -0.05) is 23.7 Å². The fourth-order valence-corrected chi connectivity index (χ4v) is 3.21. The maximum absolute atomic E-state index is 12.1. The summed E-state index contributed by atoms with van der Waals surface area (Å²) in [6.07, 6.45) is 0. The van der Waals surface area contributed by atoms with Gasteiger partial charge in [0.25, 0.3) is 11.8 Å². The van der Waals surface area contributed by atoms with E-state index in [4.69, 9.17) is 11.6 Å². The van der Waals surface area contributed by atoms with Crippen molar-refractivity contribution in [3.8, 4) is 0 Å². The third-order valence-corrected chi connectivity index (χ3v) is 5.00. The van der Waals surface area contributed by atoms with Crippen LogP contribution in [0.1, 0.15) is 32.1 Å². The van der Waals surface area contributed by atoms with E-state index in [2.05, 4.69) is 21.0 Å². The van der Waals surface area contributed by atoms with Gasteiger partial charge in [0.2, 0.25) is 0 Å². The molecule has 0 radical (unpaired) electrons. The van der Waals surface area contributed by atoms with Crippen molar-refractivity contribution in [1.82, 2.24) is 21.0 Å². The molecule has 8 heteroatoms. The molecule has 1 aromatic heterocycles. The molecule has 27 heavy (non-hydrogen) atoms. The van der Waals surface area contributed by atoms with E-state index in [0.717, 1.165) is 21.9 Å². The Morgan fingerprint density at radius 2 is 1.70 bits per heavy atom. The number of carbonyl (C=O) groups excluding carboxylic acids is 2. The van der Waals surface area contributed by atoms with E-state index in [1.165, 1.54) is 0 Å². The number of aryl methyl sites for hydroxylation is 1. The van der Waals surface area contributed by atoms with Crippen molar-refractivity contribution in [2.75, 3.05) is 0 Å². The van der Waals surface area contributed by atoms with Crippen molar-refractivity contribution < 1.29 is 9.59 Å². The van der Waals surface area contributed by atoms with Crippen LogP contribution in [0.5, 0.6) is 0 Å². The Balaban J connectivity index is 1.50. The molecular weight excluding hydrogens is 384 g/mol. The molecule has 0 aliphatic heterocycles. The molecule has 3 aromatic rings. The predicted molar refractivity (Wildman–Crippen MR) is 106 cm³/mol. The lowest BCUT2D eigenvalue weighted by molar-refractivity contribution is 0.0844. The minimum absolute atomic E-state index is 0.211. The number of aromatic amines is 1. The molecule has 0 atom stereocenters. The van der Waals surface area contributed by atoms with Gasteiger partial charge in [-0.25, -0.2) is 0 Å². The molecule has 2 amide bonds. The third-order valence-electron chi connectivity index (χ3n) is 3.66. The van der Waals surface area contributed by atoms with Crippen molar-refractivity contribution in [1.29, 1.82) is 0 Å². The lowest BCUT2D eigenvalue weighted by Gasteiger charge is -2.07. The summed E-state index contributed by atoms with van der Waals surface area (Å²) >= 11 is 7.56. The Hall–Kier alpha value is -2.77. The normalized spacial score (nSPS) is 10.4. The van der Waals surface area contributed by atoms with Crippen LogP contribution in [0.25, 0.3) is 0 Å². The van der Waals surface area contributed by atoms with Crippen molar-refractivity contribution in [2.24, 2.45) is 0 Å². The van der Waals surface area contributed by atoms with Crippen molar-refractivity contribution >= 4 is 35.2 Å². The summed E-state index contributed by atoms with van der Waals surface area (Å²) in [6.45, 7) is 1.79. The van der Waals surface area contributed by atoms with Gasteiger partial charge in [-0.3, -0.25) is 25.5 Å². The van der Waals surface area contributed by atoms with Gasteiger partial charge < -0.3 is 0 Å². The molecule has 3 N–H and O–H groups in total. The monoisotopic (exact) mass is 400 g/mol. The number of carbonyl (C=O) groups is 2. The molecule has 1 heterocycles. The van der Waals surface area contributed by atoms with Crippen LogP contribution in [0, 0.1) is 6.92 Å². The highest BCUT2D eigenvalue weighted by Gasteiger charge is 2.11. The van der Waals surface area contributed by atoms with E-state index < -0.39 is 11.8 Å². The summed E-state index contributed by atoms with van der Waals surface area (Å²) in [5, 5.41) is 7.21. The van der Waals surface area contributed by atoms with Crippen molar-refractivity contribution in [3.63, 3.8) is 0 Å². The lowest BCUT2D eigenvalue weighted by atomic mass is 10.1. The van der Waals surface area contributed by atoms with Crippen LogP contribution in [0.15, 0.2) is 59.5 Å². The second-order valence-corrected chi connectivity index (χ2v) is 7.27. The van der Waals surface area contributed by atoms with E-state index in [-0.39, 0.29) is 5.69 Å². The smallest absolute Gasteiger partial charge is 0.282 e. The van der Waals surface area contributed by atoms with E-state index >= 15 is 0 Å². The quantitative estimate of drug-likeness (QED) is 0.449. The second kappa shape index (κ2) is 8.75. The Kier molecular flexibility index (Phi) is 6.16. The maximum atomic E-state index is 12.1. The topological polar surface area (TPSA) is 86.9 Å². The molecule has 0 saturated heterocycles. The number of amides is 2. The van der Waals surface area contributed by atoms with Crippen LogP contribution in [0.3, 0.4) is 0 Å². The number of nitrogens with zero attached hydrogens (tertiary/aromatic N) is 1. The van der Waals surface area contributed by atoms with Gasteiger partial charge in [-0.15, -0.1) is 11.8 Å². The zero-order valence-electron chi connectivity index (χ0n) is 14.5. The summed E-state index contributed by atoms with van der Waals surface area (Å²) < 4.78 is 0. The molecule has 3 rings (SSSR count). The number of hydrogen-bond acceptors (Lipinski definition) is 4. The Morgan fingerprint density at radius 1 is 1.04 bits per heavy atom. The summed E-state index contributed by atoms with van der Waals surface area (Å²) in [7, 11) is 0. The first-order chi connectivity index (χ1) is 13.0. The first-order valence-corrected chi connectivity index (χ1v) is 9.47. The van der Waals surface area contributed by atoms with E-state index in [1.807, 2.05) is 36.4 Å². The number of aromatic nitrogens is 2. The molecule has 0 aliphatic rings. The molecule has 0 aliphatic carbocycles. The fourth-order valence-electron chi connectivity index (χ4n) is 2.23. The number of thioether (sulfide) groups is 1. The van der Waals surface area contributed by atoms with Crippen LogP contribution in [-0.2, 0) is 5.75 Å². The average Bonchev–Trinajstić information content (AvgIpc) is 3.12. The minimum atomic E-state index is -0.483. The standard InChI is InChI=1S/C19H17ClN4O2S/c1-12-10-17(22-21-12)19(26)24-23-18(25)14-4-2-13(3-5-14)11-27-16-8-6-15(20)7-9-16/h2-10H,11H2,1H3,(H,21,22)(H,23,25)(H,24,26). The van der Waals surface area contributed by atoms with Crippen LogP contribution in [0.4, 0.5) is 0 Å². The number of hydrazine groups is 1. The molecule has 0 bridgehead atoms. The second-order valence-electron chi connectivity index (χ2n) is 5.78. The van der Waals surface area contributed by atoms with Gasteiger partial charge in [-0.2, -0.15) is 5.10 Å². The van der Waals surface area contributed by atoms with Crippen LogP contribution in [-0.4, -0.2) is 22.0 Å². The van der Waals surface area contributed by atoms with Gasteiger partial charge in [0.1, 0.15) is 0 Å². The van der Waals surface area contributed by atoms with Gasteiger partial charge >= 0.3 is 0 Å². The average molecular weight is 401 g/mol. The molecule has 2 aromatic carbocycles. The number of rotatable bonds is 5. The number of H-pyrrole nitrogens is 1. The van der Waals surface area contributed by atoms with Gasteiger partial charge in [-0.05, 0) is 55.0 Å². The number of nitrogens with one attached hydrogen (secondary N) is 3. The van der Waals surface area contributed by atoms with Crippen molar-refractivity contribution in [3.05, 3.63) is 82.1 Å². The van der Waals surface area contributed by atoms with Crippen LogP contribution in [0.2, 0.25) is 5.02 Å². The number of halogens is 1. The highest BCUT2D eigenvalue weighted by Crippen LogP contribution is 2.24. The molecule has 0 unspecified atom stereocenters. The van der Waals surface area contributed by atoms with Crippen LogP contribution < -0.4 is 10.9 Å². The Bertz CT molecular complexity index is 939. The minimum Gasteiger partial charge on any atom is -0.282 e.